The summed E-state index contributed by atoms with van der Waals surface area (Å²) < 4.78 is 0. The molecule has 0 atom stereocenters. The van der Waals surface area contributed by atoms with Gasteiger partial charge >= 0.3 is 0 Å². The van der Waals surface area contributed by atoms with Gasteiger partial charge in [-0.2, -0.15) is 0 Å². The largest absolute Gasteiger partial charge is 0.375 e. The van der Waals surface area contributed by atoms with E-state index in [1.165, 1.54) is 30.7 Å². The number of aromatic nitrogens is 1. The van der Waals surface area contributed by atoms with Gasteiger partial charge in [-0.05, 0) is 18.8 Å². The van der Waals surface area contributed by atoms with Crippen LogP contribution in [0.3, 0.4) is 0 Å². The average Bonchev–Trinajstić information content (AvgIpc) is 3.09. The van der Waals surface area contributed by atoms with Crippen LogP contribution in [0.5, 0.6) is 0 Å². The monoisotopic (exact) mass is 266 g/mol. The standard InChI is InChI=1S/C12H18N4OS/c13-12-14-7-10(18-12)11(17)16-5-3-15(4-6-16)8-9-1-2-9/h7,9H,1-6,8H2,(H2,13,14). The maximum Gasteiger partial charge on any atom is 0.265 e. The van der Waals surface area contributed by atoms with Gasteiger partial charge in [0.05, 0.1) is 6.20 Å². The minimum Gasteiger partial charge on any atom is -0.375 e. The minimum absolute atomic E-state index is 0.0790. The van der Waals surface area contributed by atoms with Crippen LogP contribution in [0.25, 0.3) is 0 Å². The van der Waals surface area contributed by atoms with Crippen LogP contribution >= 0.6 is 11.3 Å². The Labute approximate surface area is 111 Å². The summed E-state index contributed by atoms with van der Waals surface area (Å²) in [4.78, 5) is 21.2. The molecule has 0 bridgehead atoms. The SMILES string of the molecule is Nc1ncc(C(=O)N2CCN(CC3CC3)CC2)s1. The second-order valence-electron chi connectivity index (χ2n) is 5.10. The van der Waals surface area contributed by atoms with Crippen molar-refractivity contribution in [1.29, 1.82) is 0 Å². The zero-order valence-electron chi connectivity index (χ0n) is 10.3. The molecule has 2 heterocycles. The van der Waals surface area contributed by atoms with Gasteiger partial charge in [-0.1, -0.05) is 11.3 Å². The molecule has 2 fully saturated rings. The van der Waals surface area contributed by atoms with Crippen molar-refractivity contribution in [1.82, 2.24) is 14.8 Å². The predicted octanol–water partition coefficient (Wildman–Crippen LogP) is 0.893. The molecule has 18 heavy (non-hydrogen) atoms. The highest BCUT2D eigenvalue weighted by molar-refractivity contribution is 7.17. The summed E-state index contributed by atoms with van der Waals surface area (Å²) in [5, 5.41) is 0.464. The molecule has 1 saturated heterocycles. The topological polar surface area (TPSA) is 62.5 Å². The van der Waals surface area contributed by atoms with Crippen LogP contribution in [0, 0.1) is 5.92 Å². The summed E-state index contributed by atoms with van der Waals surface area (Å²) in [6.07, 6.45) is 4.36. The van der Waals surface area contributed by atoms with Gasteiger partial charge in [0.2, 0.25) is 0 Å². The van der Waals surface area contributed by atoms with E-state index in [1.807, 2.05) is 4.90 Å². The Morgan fingerprint density at radius 2 is 2.11 bits per heavy atom. The van der Waals surface area contributed by atoms with Crippen LogP contribution in [0.2, 0.25) is 0 Å². The van der Waals surface area contributed by atoms with Crippen molar-refractivity contribution in [2.24, 2.45) is 5.92 Å². The first-order valence-electron chi connectivity index (χ1n) is 6.45. The average molecular weight is 266 g/mol. The van der Waals surface area contributed by atoms with Crippen molar-refractivity contribution in [2.45, 2.75) is 12.8 Å². The number of piperazine rings is 1. The zero-order chi connectivity index (χ0) is 12.5. The smallest absolute Gasteiger partial charge is 0.265 e. The van der Waals surface area contributed by atoms with Crippen LogP contribution in [0.4, 0.5) is 5.13 Å². The number of nitrogens with two attached hydrogens (primary N) is 1. The lowest BCUT2D eigenvalue weighted by atomic mass is 10.2. The molecule has 3 rings (SSSR count). The van der Waals surface area contributed by atoms with Gasteiger partial charge in [-0.25, -0.2) is 4.98 Å². The molecular formula is C12H18N4OS. The molecule has 1 aromatic heterocycles. The number of amides is 1. The van der Waals surface area contributed by atoms with E-state index >= 15 is 0 Å². The molecule has 6 heteroatoms. The van der Waals surface area contributed by atoms with Crippen molar-refractivity contribution in [3.05, 3.63) is 11.1 Å². The molecule has 2 N–H and O–H groups in total. The van der Waals surface area contributed by atoms with Gasteiger partial charge in [0.15, 0.2) is 5.13 Å². The molecule has 1 aliphatic carbocycles. The summed E-state index contributed by atoms with van der Waals surface area (Å²) in [7, 11) is 0. The molecule has 0 spiro atoms. The number of carbonyl (C=O) groups excluding carboxylic acids is 1. The Hall–Kier alpha value is -1.14. The highest BCUT2D eigenvalue weighted by atomic mass is 32.1. The van der Waals surface area contributed by atoms with Gasteiger partial charge in [-0.15, -0.1) is 0 Å². The Morgan fingerprint density at radius 1 is 1.39 bits per heavy atom. The van der Waals surface area contributed by atoms with E-state index < -0.39 is 0 Å². The Bertz CT molecular complexity index is 435. The third-order valence-electron chi connectivity index (χ3n) is 3.61. The third kappa shape index (κ3) is 2.64. The summed E-state index contributed by atoms with van der Waals surface area (Å²) in [6.45, 7) is 4.86. The number of nitrogens with zero attached hydrogens (tertiary/aromatic N) is 3. The zero-order valence-corrected chi connectivity index (χ0v) is 11.2. The highest BCUT2D eigenvalue weighted by Crippen LogP contribution is 2.30. The van der Waals surface area contributed by atoms with Gasteiger partial charge < -0.3 is 10.6 Å². The fraction of sp³-hybridized carbons (Fsp3) is 0.667. The van der Waals surface area contributed by atoms with Crippen molar-refractivity contribution in [2.75, 3.05) is 38.5 Å². The molecule has 1 aromatic rings. The molecule has 0 radical (unpaired) electrons. The van der Waals surface area contributed by atoms with Crippen LogP contribution in [0.1, 0.15) is 22.5 Å². The number of hydrogen-bond donors (Lipinski definition) is 1. The summed E-state index contributed by atoms with van der Waals surface area (Å²) in [5.41, 5.74) is 5.56. The van der Waals surface area contributed by atoms with E-state index in [1.54, 1.807) is 6.20 Å². The Morgan fingerprint density at radius 3 is 2.67 bits per heavy atom. The number of anilines is 1. The minimum atomic E-state index is 0.0790. The van der Waals surface area contributed by atoms with E-state index in [0.717, 1.165) is 32.1 Å². The number of carbonyl (C=O) groups is 1. The predicted molar refractivity (Wildman–Crippen MR) is 71.6 cm³/mol. The van der Waals surface area contributed by atoms with Crippen LogP contribution in [0.15, 0.2) is 6.20 Å². The summed E-state index contributed by atoms with van der Waals surface area (Å²) in [6, 6.07) is 0. The van der Waals surface area contributed by atoms with Crippen molar-refractivity contribution in [3.63, 3.8) is 0 Å². The van der Waals surface area contributed by atoms with Gasteiger partial charge in [0, 0.05) is 32.7 Å². The Kier molecular flexibility index (Phi) is 3.22. The van der Waals surface area contributed by atoms with Gasteiger partial charge in [0.1, 0.15) is 4.88 Å². The summed E-state index contributed by atoms with van der Waals surface area (Å²) in [5.74, 6) is 1.00. The van der Waals surface area contributed by atoms with E-state index in [4.69, 9.17) is 5.73 Å². The number of rotatable bonds is 3. The highest BCUT2D eigenvalue weighted by Gasteiger charge is 2.28. The number of thiazole rings is 1. The van der Waals surface area contributed by atoms with E-state index in [-0.39, 0.29) is 5.91 Å². The van der Waals surface area contributed by atoms with E-state index in [0.29, 0.717) is 10.0 Å². The van der Waals surface area contributed by atoms with Crippen molar-refractivity contribution in [3.8, 4) is 0 Å². The fourth-order valence-electron chi connectivity index (χ4n) is 2.34. The molecule has 98 valence electrons. The molecule has 1 saturated carbocycles. The molecule has 2 aliphatic rings. The van der Waals surface area contributed by atoms with Crippen LogP contribution in [-0.2, 0) is 0 Å². The van der Waals surface area contributed by atoms with E-state index in [9.17, 15) is 4.79 Å². The normalized spacial score (nSPS) is 21.2. The second-order valence-corrected chi connectivity index (χ2v) is 6.16. The lowest BCUT2D eigenvalue weighted by Crippen LogP contribution is -2.49. The first-order chi connectivity index (χ1) is 8.72. The molecule has 0 aromatic carbocycles. The van der Waals surface area contributed by atoms with Crippen LogP contribution in [-0.4, -0.2) is 53.4 Å². The maximum atomic E-state index is 12.2. The quantitative estimate of drug-likeness (QED) is 0.882. The van der Waals surface area contributed by atoms with Crippen molar-refractivity contribution >= 4 is 22.4 Å². The second kappa shape index (κ2) is 4.85. The lowest BCUT2D eigenvalue weighted by Gasteiger charge is -2.34. The number of nitrogen functional groups attached to an aromatic ring is 1. The lowest BCUT2D eigenvalue weighted by molar-refractivity contribution is 0.0636. The first-order valence-corrected chi connectivity index (χ1v) is 7.27. The fourth-order valence-corrected chi connectivity index (χ4v) is 2.99. The Balaban J connectivity index is 1.53. The maximum absolute atomic E-state index is 12.2. The number of hydrogen-bond acceptors (Lipinski definition) is 5. The summed E-state index contributed by atoms with van der Waals surface area (Å²) >= 11 is 1.27. The molecular weight excluding hydrogens is 248 g/mol. The molecule has 1 amide bonds. The van der Waals surface area contributed by atoms with Gasteiger partial charge in [-0.3, -0.25) is 9.69 Å². The first kappa shape index (κ1) is 11.9. The molecule has 0 unspecified atom stereocenters. The molecule has 5 nitrogen and oxygen atoms in total. The van der Waals surface area contributed by atoms with Crippen molar-refractivity contribution < 1.29 is 4.79 Å². The van der Waals surface area contributed by atoms with Crippen LogP contribution < -0.4 is 5.73 Å². The van der Waals surface area contributed by atoms with Gasteiger partial charge in [0.25, 0.3) is 5.91 Å². The van der Waals surface area contributed by atoms with E-state index in [2.05, 4.69) is 9.88 Å². The molecule has 1 aliphatic heterocycles. The third-order valence-corrected chi connectivity index (χ3v) is 4.42.